The average molecular weight is 249 g/mol. The largest absolute Gasteiger partial charge is 0.507 e. The molecule has 3 nitrogen and oxygen atoms in total. The lowest BCUT2D eigenvalue weighted by Crippen LogP contribution is -2.21. The van der Waals surface area contributed by atoms with E-state index in [2.05, 4.69) is 5.32 Å². The second-order valence-electron chi connectivity index (χ2n) is 5.54. The number of aliphatic hydroxyl groups excluding tert-OH is 1. The van der Waals surface area contributed by atoms with Crippen molar-refractivity contribution in [1.82, 2.24) is 5.32 Å². The molecule has 2 atom stereocenters. The van der Waals surface area contributed by atoms with Gasteiger partial charge in [0.2, 0.25) is 0 Å². The lowest BCUT2D eigenvalue weighted by molar-refractivity contribution is 0.177. The maximum absolute atomic E-state index is 9.71. The summed E-state index contributed by atoms with van der Waals surface area (Å²) in [5.41, 5.74) is 3.08. The van der Waals surface area contributed by atoms with Gasteiger partial charge in [0.1, 0.15) is 5.75 Å². The number of nitrogens with one attached hydrogen (secondary N) is 1. The van der Waals surface area contributed by atoms with Crippen LogP contribution in [-0.2, 0) is 6.54 Å². The molecule has 0 radical (unpaired) electrons. The van der Waals surface area contributed by atoms with Crippen LogP contribution in [0.5, 0.6) is 5.75 Å². The molecule has 1 aromatic rings. The Morgan fingerprint density at radius 1 is 1.22 bits per heavy atom. The van der Waals surface area contributed by atoms with E-state index in [1.165, 1.54) is 5.56 Å². The standard InChI is InChI=1S/C15H23NO2/c1-10-5-13(6-11(2)15(10)18)9-16-8-12-3-4-14(17)7-12/h5-6,12,14,16-18H,3-4,7-9H2,1-2H3. The van der Waals surface area contributed by atoms with Gasteiger partial charge in [0.05, 0.1) is 6.10 Å². The molecule has 3 heteroatoms. The molecule has 1 aromatic carbocycles. The molecule has 0 bridgehead atoms. The molecule has 18 heavy (non-hydrogen) atoms. The van der Waals surface area contributed by atoms with Gasteiger partial charge < -0.3 is 15.5 Å². The Bertz CT molecular complexity index is 394. The van der Waals surface area contributed by atoms with Gasteiger partial charge >= 0.3 is 0 Å². The van der Waals surface area contributed by atoms with Crippen molar-refractivity contribution in [3.8, 4) is 5.75 Å². The molecule has 3 N–H and O–H groups in total. The lowest BCUT2D eigenvalue weighted by atomic mass is 10.0. The molecule has 100 valence electrons. The summed E-state index contributed by atoms with van der Waals surface area (Å²) in [6.07, 6.45) is 2.92. The molecule has 0 amide bonds. The number of hydrogen-bond donors (Lipinski definition) is 3. The number of benzene rings is 1. The maximum atomic E-state index is 9.71. The summed E-state index contributed by atoms with van der Waals surface area (Å²) >= 11 is 0. The maximum Gasteiger partial charge on any atom is 0.121 e. The first kappa shape index (κ1) is 13.4. The van der Waals surface area contributed by atoms with Gasteiger partial charge in [-0.05, 0) is 62.3 Å². The van der Waals surface area contributed by atoms with Crippen molar-refractivity contribution >= 4 is 0 Å². The van der Waals surface area contributed by atoms with Crippen molar-refractivity contribution in [1.29, 1.82) is 0 Å². The van der Waals surface area contributed by atoms with E-state index in [-0.39, 0.29) is 6.10 Å². The fraction of sp³-hybridized carbons (Fsp3) is 0.600. The highest BCUT2D eigenvalue weighted by molar-refractivity contribution is 5.42. The van der Waals surface area contributed by atoms with E-state index in [1.54, 1.807) is 0 Å². The molecule has 1 fully saturated rings. The summed E-state index contributed by atoms with van der Waals surface area (Å²) in [5, 5.41) is 22.6. The Balaban J connectivity index is 1.83. The van der Waals surface area contributed by atoms with Gasteiger partial charge in [0.25, 0.3) is 0 Å². The fourth-order valence-corrected chi connectivity index (χ4v) is 2.80. The second kappa shape index (κ2) is 5.72. The molecule has 2 unspecified atom stereocenters. The fourth-order valence-electron chi connectivity index (χ4n) is 2.80. The van der Waals surface area contributed by atoms with Crippen LogP contribution in [0.4, 0.5) is 0 Å². The van der Waals surface area contributed by atoms with Crippen LogP contribution in [0, 0.1) is 19.8 Å². The Kier molecular flexibility index (Phi) is 4.25. The molecular weight excluding hydrogens is 226 g/mol. The van der Waals surface area contributed by atoms with Crippen molar-refractivity contribution in [2.75, 3.05) is 6.54 Å². The highest BCUT2D eigenvalue weighted by atomic mass is 16.3. The van der Waals surface area contributed by atoms with Gasteiger partial charge in [-0.1, -0.05) is 12.1 Å². The van der Waals surface area contributed by atoms with Gasteiger partial charge in [0, 0.05) is 6.54 Å². The molecule has 2 rings (SSSR count). The summed E-state index contributed by atoms with van der Waals surface area (Å²) in [6, 6.07) is 4.05. The highest BCUT2D eigenvalue weighted by Gasteiger charge is 2.21. The molecule has 0 saturated heterocycles. The molecule has 1 saturated carbocycles. The van der Waals surface area contributed by atoms with E-state index >= 15 is 0 Å². The number of aliphatic hydroxyl groups is 1. The van der Waals surface area contributed by atoms with Gasteiger partial charge in [-0.2, -0.15) is 0 Å². The second-order valence-corrected chi connectivity index (χ2v) is 5.54. The van der Waals surface area contributed by atoms with Crippen molar-refractivity contribution in [2.45, 2.75) is 45.8 Å². The topological polar surface area (TPSA) is 52.5 Å². The van der Waals surface area contributed by atoms with Gasteiger partial charge in [-0.15, -0.1) is 0 Å². The molecule has 0 aromatic heterocycles. The van der Waals surface area contributed by atoms with Crippen LogP contribution in [0.3, 0.4) is 0 Å². The first-order chi connectivity index (χ1) is 8.56. The van der Waals surface area contributed by atoms with Gasteiger partial charge in [0.15, 0.2) is 0 Å². The van der Waals surface area contributed by atoms with Crippen LogP contribution >= 0.6 is 0 Å². The molecule has 1 aliphatic rings. The van der Waals surface area contributed by atoms with E-state index in [0.717, 1.165) is 43.5 Å². The summed E-state index contributed by atoms with van der Waals surface area (Å²) in [5.74, 6) is 1.01. The van der Waals surface area contributed by atoms with E-state index in [1.807, 2.05) is 26.0 Å². The number of phenols is 1. The van der Waals surface area contributed by atoms with Crippen LogP contribution in [0.1, 0.15) is 36.0 Å². The summed E-state index contributed by atoms with van der Waals surface area (Å²) in [4.78, 5) is 0. The SMILES string of the molecule is Cc1cc(CNCC2CCC(O)C2)cc(C)c1O. The van der Waals surface area contributed by atoms with Gasteiger partial charge in [-0.25, -0.2) is 0 Å². The zero-order chi connectivity index (χ0) is 13.1. The zero-order valence-corrected chi connectivity index (χ0v) is 11.2. The van der Waals surface area contributed by atoms with Crippen molar-refractivity contribution < 1.29 is 10.2 Å². The van der Waals surface area contributed by atoms with Crippen LogP contribution in [0.25, 0.3) is 0 Å². The Hall–Kier alpha value is -1.06. The first-order valence-electron chi connectivity index (χ1n) is 6.74. The van der Waals surface area contributed by atoms with Gasteiger partial charge in [-0.3, -0.25) is 0 Å². The van der Waals surface area contributed by atoms with Crippen LogP contribution in [0.2, 0.25) is 0 Å². The van der Waals surface area contributed by atoms with Crippen LogP contribution < -0.4 is 5.32 Å². The minimum atomic E-state index is -0.0880. The summed E-state index contributed by atoms with van der Waals surface area (Å²) < 4.78 is 0. The normalized spacial score (nSPS) is 23.5. The summed E-state index contributed by atoms with van der Waals surface area (Å²) in [7, 11) is 0. The van der Waals surface area contributed by atoms with E-state index < -0.39 is 0 Å². The Labute approximate surface area is 109 Å². The predicted molar refractivity (Wildman–Crippen MR) is 72.6 cm³/mol. The Morgan fingerprint density at radius 3 is 2.44 bits per heavy atom. The van der Waals surface area contributed by atoms with E-state index in [4.69, 9.17) is 0 Å². The minimum Gasteiger partial charge on any atom is -0.507 e. The Morgan fingerprint density at radius 2 is 1.89 bits per heavy atom. The minimum absolute atomic E-state index is 0.0880. The van der Waals surface area contributed by atoms with Crippen molar-refractivity contribution in [3.05, 3.63) is 28.8 Å². The zero-order valence-electron chi connectivity index (χ0n) is 11.2. The molecule has 0 spiro atoms. The average Bonchev–Trinajstić information content (AvgIpc) is 2.72. The van der Waals surface area contributed by atoms with E-state index in [0.29, 0.717) is 11.7 Å². The number of phenolic OH excluding ortho intramolecular Hbond substituents is 1. The third kappa shape index (κ3) is 3.24. The third-order valence-electron chi connectivity index (χ3n) is 3.83. The van der Waals surface area contributed by atoms with Crippen molar-refractivity contribution in [3.63, 3.8) is 0 Å². The number of rotatable bonds is 4. The quantitative estimate of drug-likeness (QED) is 0.767. The van der Waals surface area contributed by atoms with Crippen molar-refractivity contribution in [2.24, 2.45) is 5.92 Å². The van der Waals surface area contributed by atoms with Crippen LogP contribution in [-0.4, -0.2) is 22.9 Å². The lowest BCUT2D eigenvalue weighted by Gasteiger charge is -2.12. The number of hydrogen-bond acceptors (Lipinski definition) is 3. The number of aromatic hydroxyl groups is 1. The van der Waals surface area contributed by atoms with Crippen LogP contribution in [0.15, 0.2) is 12.1 Å². The monoisotopic (exact) mass is 249 g/mol. The molecule has 0 heterocycles. The smallest absolute Gasteiger partial charge is 0.121 e. The molecular formula is C15H23NO2. The number of aryl methyl sites for hydroxylation is 2. The predicted octanol–water partition coefficient (Wildman–Crippen LogP) is 2.26. The highest BCUT2D eigenvalue weighted by Crippen LogP contribution is 2.25. The first-order valence-corrected chi connectivity index (χ1v) is 6.74. The molecule has 0 aliphatic heterocycles. The third-order valence-corrected chi connectivity index (χ3v) is 3.83. The molecule has 1 aliphatic carbocycles. The summed E-state index contributed by atoms with van der Waals surface area (Å²) in [6.45, 7) is 5.66. The van der Waals surface area contributed by atoms with E-state index in [9.17, 15) is 10.2 Å².